The number of non-ortho nitro benzene ring substituents is 1. The second-order valence-corrected chi connectivity index (χ2v) is 7.21. The predicted molar refractivity (Wildman–Crippen MR) is 119 cm³/mol. The summed E-state index contributed by atoms with van der Waals surface area (Å²) in [6, 6.07) is 16.1. The number of nitro groups is 1. The molecule has 0 spiro atoms. The SMILES string of the molecule is Cc1noc2nc(-c3ccccc3)cc(C(=O)OC(C)C(=O)Nc3ccc([N+](=O)[O-])cc3)c12. The van der Waals surface area contributed by atoms with Crippen molar-refractivity contribution >= 4 is 34.4 Å². The van der Waals surface area contributed by atoms with Gasteiger partial charge < -0.3 is 14.6 Å². The van der Waals surface area contributed by atoms with Crippen molar-refractivity contribution in [3.8, 4) is 11.3 Å². The number of nitrogens with zero attached hydrogens (tertiary/aromatic N) is 3. The van der Waals surface area contributed by atoms with E-state index in [1.807, 2.05) is 30.3 Å². The summed E-state index contributed by atoms with van der Waals surface area (Å²) in [5.74, 6) is -1.33. The van der Waals surface area contributed by atoms with Crippen LogP contribution < -0.4 is 5.32 Å². The summed E-state index contributed by atoms with van der Waals surface area (Å²) < 4.78 is 10.7. The number of benzene rings is 2. The van der Waals surface area contributed by atoms with Gasteiger partial charge >= 0.3 is 5.97 Å². The summed E-state index contributed by atoms with van der Waals surface area (Å²) in [6.07, 6.45) is -1.14. The van der Waals surface area contributed by atoms with Crippen LogP contribution in [0.2, 0.25) is 0 Å². The molecule has 0 aliphatic carbocycles. The second-order valence-electron chi connectivity index (χ2n) is 7.21. The summed E-state index contributed by atoms with van der Waals surface area (Å²) in [7, 11) is 0. The van der Waals surface area contributed by atoms with Crippen LogP contribution in [0, 0.1) is 17.0 Å². The number of anilines is 1. The van der Waals surface area contributed by atoms with Crippen molar-refractivity contribution in [3.63, 3.8) is 0 Å². The zero-order valence-corrected chi connectivity index (χ0v) is 17.6. The number of hydrogen-bond donors (Lipinski definition) is 1. The van der Waals surface area contributed by atoms with Gasteiger partial charge in [-0.25, -0.2) is 9.78 Å². The third-order valence-electron chi connectivity index (χ3n) is 4.91. The van der Waals surface area contributed by atoms with Crippen molar-refractivity contribution in [2.75, 3.05) is 5.32 Å². The van der Waals surface area contributed by atoms with Crippen LogP contribution >= 0.6 is 0 Å². The van der Waals surface area contributed by atoms with Gasteiger partial charge in [0.2, 0.25) is 0 Å². The molecule has 0 aliphatic heterocycles. The van der Waals surface area contributed by atoms with Crippen molar-refractivity contribution < 1.29 is 23.8 Å². The minimum absolute atomic E-state index is 0.104. The molecule has 2 aromatic carbocycles. The first-order valence-corrected chi connectivity index (χ1v) is 9.92. The Morgan fingerprint density at radius 3 is 2.48 bits per heavy atom. The molecule has 0 radical (unpaired) electrons. The lowest BCUT2D eigenvalue weighted by Gasteiger charge is -2.14. The molecule has 0 bridgehead atoms. The number of carbonyl (C=O) groups excluding carboxylic acids is 2. The van der Waals surface area contributed by atoms with Crippen molar-refractivity contribution in [1.82, 2.24) is 10.1 Å². The second kappa shape index (κ2) is 8.87. The lowest BCUT2D eigenvalue weighted by molar-refractivity contribution is -0.384. The molecule has 1 atom stereocenters. The third kappa shape index (κ3) is 4.54. The number of pyridine rings is 1. The lowest BCUT2D eigenvalue weighted by Crippen LogP contribution is -2.30. The van der Waals surface area contributed by atoms with E-state index in [1.54, 1.807) is 13.0 Å². The van der Waals surface area contributed by atoms with Gasteiger partial charge in [0, 0.05) is 23.4 Å². The van der Waals surface area contributed by atoms with Crippen molar-refractivity contribution in [2.45, 2.75) is 20.0 Å². The minimum Gasteiger partial charge on any atom is -0.449 e. The quantitative estimate of drug-likeness (QED) is 0.263. The van der Waals surface area contributed by atoms with E-state index in [2.05, 4.69) is 15.5 Å². The van der Waals surface area contributed by atoms with E-state index in [4.69, 9.17) is 9.26 Å². The number of nitrogens with one attached hydrogen (secondary N) is 1. The number of nitro benzene ring substituents is 1. The van der Waals surface area contributed by atoms with Crippen molar-refractivity contribution in [2.24, 2.45) is 0 Å². The molecule has 0 fully saturated rings. The van der Waals surface area contributed by atoms with Crippen LogP contribution in [0.4, 0.5) is 11.4 Å². The molecule has 0 saturated carbocycles. The molecule has 33 heavy (non-hydrogen) atoms. The normalized spacial score (nSPS) is 11.7. The number of carbonyl (C=O) groups is 2. The zero-order valence-electron chi connectivity index (χ0n) is 17.6. The van der Waals surface area contributed by atoms with Crippen LogP contribution in [0.1, 0.15) is 23.0 Å². The first-order chi connectivity index (χ1) is 15.8. The third-order valence-corrected chi connectivity index (χ3v) is 4.91. The largest absolute Gasteiger partial charge is 0.449 e. The maximum absolute atomic E-state index is 13.0. The average molecular weight is 446 g/mol. The monoisotopic (exact) mass is 446 g/mol. The smallest absolute Gasteiger partial charge is 0.339 e. The van der Waals surface area contributed by atoms with Crippen molar-refractivity contribution in [3.05, 3.63) is 82.0 Å². The van der Waals surface area contributed by atoms with Gasteiger partial charge in [0.1, 0.15) is 0 Å². The highest BCUT2D eigenvalue weighted by Gasteiger charge is 2.24. The van der Waals surface area contributed by atoms with Gasteiger partial charge in [-0.15, -0.1) is 0 Å². The van der Waals surface area contributed by atoms with Crippen molar-refractivity contribution in [1.29, 1.82) is 0 Å². The van der Waals surface area contributed by atoms with Gasteiger partial charge in [-0.3, -0.25) is 14.9 Å². The number of rotatable bonds is 6. The zero-order chi connectivity index (χ0) is 23.5. The predicted octanol–water partition coefficient (Wildman–Crippen LogP) is 4.29. The van der Waals surface area contributed by atoms with E-state index in [0.29, 0.717) is 22.5 Å². The van der Waals surface area contributed by atoms with Crippen LogP contribution in [-0.2, 0) is 9.53 Å². The fourth-order valence-corrected chi connectivity index (χ4v) is 3.20. The molecule has 166 valence electrons. The molecule has 1 amide bonds. The molecule has 2 aromatic heterocycles. The number of aromatic nitrogens is 2. The van der Waals surface area contributed by atoms with Crippen LogP contribution in [-0.4, -0.2) is 33.0 Å². The molecule has 0 aliphatic rings. The molecule has 1 N–H and O–H groups in total. The standard InChI is InChI=1S/C23H18N4O6/c1-13-20-18(12-19(25-22(20)33-26-13)15-6-4-3-5-7-15)23(29)32-14(2)21(28)24-16-8-10-17(11-9-16)27(30)31/h3-12,14H,1-2H3,(H,24,28). The summed E-state index contributed by atoms with van der Waals surface area (Å²) in [5, 5.41) is 17.6. The van der Waals surface area contributed by atoms with Gasteiger partial charge in [-0.05, 0) is 32.0 Å². The molecule has 1 unspecified atom stereocenters. The topological polar surface area (TPSA) is 137 Å². The Morgan fingerprint density at radius 2 is 1.82 bits per heavy atom. The Balaban J connectivity index is 1.56. The highest BCUT2D eigenvalue weighted by Crippen LogP contribution is 2.28. The number of fused-ring (bicyclic) bond motifs is 1. The Hall–Kier alpha value is -4.60. The van der Waals surface area contributed by atoms with Gasteiger partial charge in [0.25, 0.3) is 17.3 Å². The van der Waals surface area contributed by atoms with E-state index < -0.39 is 22.9 Å². The maximum atomic E-state index is 13.0. The highest BCUT2D eigenvalue weighted by molar-refractivity contribution is 6.05. The van der Waals surface area contributed by atoms with E-state index in [9.17, 15) is 19.7 Å². The minimum atomic E-state index is -1.14. The van der Waals surface area contributed by atoms with Crippen LogP contribution in [0.3, 0.4) is 0 Å². The number of amides is 1. The number of esters is 1. The molecule has 2 heterocycles. The summed E-state index contributed by atoms with van der Waals surface area (Å²) in [5.41, 5.74) is 2.32. The lowest BCUT2D eigenvalue weighted by atomic mass is 10.1. The molecular formula is C23H18N4O6. The van der Waals surface area contributed by atoms with Crippen LogP contribution in [0.15, 0.2) is 65.2 Å². The Labute approximate surface area is 187 Å². The first-order valence-electron chi connectivity index (χ1n) is 9.92. The summed E-state index contributed by atoms with van der Waals surface area (Å²) in [6.45, 7) is 3.10. The Morgan fingerprint density at radius 1 is 1.12 bits per heavy atom. The molecule has 10 nitrogen and oxygen atoms in total. The average Bonchev–Trinajstić information content (AvgIpc) is 3.20. The summed E-state index contributed by atoms with van der Waals surface area (Å²) >= 11 is 0. The maximum Gasteiger partial charge on any atom is 0.339 e. The fourth-order valence-electron chi connectivity index (χ4n) is 3.20. The molecule has 10 heteroatoms. The Bertz CT molecular complexity index is 1350. The fraction of sp³-hybridized carbons (Fsp3) is 0.130. The van der Waals surface area contributed by atoms with Crippen LogP contribution in [0.5, 0.6) is 0 Å². The molecule has 4 aromatic rings. The van der Waals surface area contributed by atoms with E-state index in [1.165, 1.54) is 31.2 Å². The van der Waals surface area contributed by atoms with Gasteiger partial charge in [-0.2, -0.15) is 0 Å². The Kier molecular flexibility index (Phi) is 5.81. The van der Waals surface area contributed by atoms with Gasteiger partial charge in [-0.1, -0.05) is 35.5 Å². The molecule has 4 rings (SSSR count). The molecular weight excluding hydrogens is 428 g/mol. The van der Waals surface area contributed by atoms with E-state index >= 15 is 0 Å². The van der Waals surface area contributed by atoms with Gasteiger partial charge in [0.05, 0.1) is 27.3 Å². The highest BCUT2D eigenvalue weighted by atomic mass is 16.6. The summed E-state index contributed by atoms with van der Waals surface area (Å²) in [4.78, 5) is 40.2. The first kappa shape index (κ1) is 21.6. The number of aryl methyl sites for hydroxylation is 1. The van der Waals surface area contributed by atoms with Crippen LogP contribution in [0.25, 0.3) is 22.4 Å². The molecule has 0 saturated heterocycles. The van der Waals surface area contributed by atoms with Gasteiger partial charge in [0.15, 0.2) is 6.10 Å². The number of ether oxygens (including phenoxy) is 1. The van der Waals surface area contributed by atoms with E-state index in [-0.39, 0.29) is 17.0 Å². The number of hydrogen-bond acceptors (Lipinski definition) is 8. The van der Waals surface area contributed by atoms with E-state index in [0.717, 1.165) is 5.56 Å².